The molecule has 4 heteroatoms. The van der Waals surface area contributed by atoms with Crippen molar-refractivity contribution in [3.8, 4) is 0 Å². The highest BCUT2D eigenvalue weighted by atomic mass is 16.5. The maximum Gasteiger partial charge on any atom is 0.0678 e. The predicted octanol–water partition coefficient (Wildman–Crippen LogP) is 1.50. The Hall–Kier alpha value is -0.160. The number of morpholine rings is 1. The molecule has 1 saturated heterocycles. The highest BCUT2D eigenvalue weighted by Crippen LogP contribution is 2.09. The van der Waals surface area contributed by atoms with E-state index >= 15 is 0 Å². The van der Waals surface area contributed by atoms with E-state index in [4.69, 9.17) is 9.47 Å². The third kappa shape index (κ3) is 7.31. The number of hydrogen-bond acceptors (Lipinski definition) is 4. The molecule has 0 radical (unpaired) electrons. The lowest BCUT2D eigenvalue weighted by Crippen LogP contribution is -2.47. The number of hydrogen-bond donors (Lipinski definition) is 1. The molecule has 0 saturated carbocycles. The SMILES string of the molecule is CCCCOCCNCCN1CC(C)OC(C)C1. The van der Waals surface area contributed by atoms with E-state index in [9.17, 15) is 0 Å². The van der Waals surface area contributed by atoms with E-state index in [-0.39, 0.29) is 0 Å². The van der Waals surface area contributed by atoms with E-state index in [0.717, 1.165) is 45.9 Å². The lowest BCUT2D eigenvalue weighted by atomic mass is 10.2. The Labute approximate surface area is 112 Å². The molecule has 2 atom stereocenters. The lowest BCUT2D eigenvalue weighted by molar-refractivity contribution is -0.0674. The minimum absolute atomic E-state index is 0.367. The van der Waals surface area contributed by atoms with E-state index in [1.165, 1.54) is 12.8 Å². The molecule has 0 spiro atoms. The van der Waals surface area contributed by atoms with E-state index < -0.39 is 0 Å². The quantitative estimate of drug-likeness (QED) is 0.636. The zero-order valence-corrected chi connectivity index (χ0v) is 12.3. The van der Waals surface area contributed by atoms with Crippen LogP contribution in [-0.2, 0) is 9.47 Å². The number of unbranched alkanes of at least 4 members (excludes halogenated alkanes) is 1. The summed E-state index contributed by atoms with van der Waals surface area (Å²) in [5, 5.41) is 3.43. The van der Waals surface area contributed by atoms with E-state index in [0.29, 0.717) is 12.2 Å². The van der Waals surface area contributed by atoms with Gasteiger partial charge in [0.25, 0.3) is 0 Å². The first-order valence-corrected chi connectivity index (χ1v) is 7.38. The van der Waals surface area contributed by atoms with Crippen LogP contribution in [0.3, 0.4) is 0 Å². The Kier molecular flexibility index (Phi) is 8.59. The van der Waals surface area contributed by atoms with Crippen molar-refractivity contribution in [2.45, 2.75) is 45.8 Å². The largest absolute Gasteiger partial charge is 0.380 e. The topological polar surface area (TPSA) is 33.7 Å². The summed E-state index contributed by atoms with van der Waals surface area (Å²) in [6.07, 6.45) is 3.11. The number of nitrogens with one attached hydrogen (secondary N) is 1. The van der Waals surface area contributed by atoms with Gasteiger partial charge in [0.1, 0.15) is 0 Å². The van der Waals surface area contributed by atoms with Crippen molar-refractivity contribution < 1.29 is 9.47 Å². The molecule has 108 valence electrons. The van der Waals surface area contributed by atoms with Crippen LogP contribution < -0.4 is 5.32 Å². The average Bonchev–Trinajstić information content (AvgIpc) is 2.31. The second kappa shape index (κ2) is 9.73. The first-order chi connectivity index (χ1) is 8.72. The van der Waals surface area contributed by atoms with Gasteiger partial charge in [0.15, 0.2) is 0 Å². The fourth-order valence-electron chi connectivity index (χ4n) is 2.32. The van der Waals surface area contributed by atoms with Gasteiger partial charge in [-0.1, -0.05) is 13.3 Å². The molecule has 1 N–H and O–H groups in total. The summed E-state index contributed by atoms with van der Waals surface area (Å²) in [6, 6.07) is 0. The third-order valence-electron chi connectivity index (χ3n) is 3.17. The fraction of sp³-hybridized carbons (Fsp3) is 1.00. The second-order valence-corrected chi connectivity index (χ2v) is 5.23. The predicted molar refractivity (Wildman–Crippen MR) is 75.0 cm³/mol. The van der Waals surface area contributed by atoms with Gasteiger partial charge in [-0.2, -0.15) is 0 Å². The standard InChI is InChI=1S/C14H30N2O2/c1-4-5-9-17-10-7-15-6-8-16-11-13(2)18-14(3)12-16/h13-15H,4-12H2,1-3H3. The monoisotopic (exact) mass is 258 g/mol. The van der Waals surface area contributed by atoms with Crippen molar-refractivity contribution in [1.29, 1.82) is 0 Å². The van der Waals surface area contributed by atoms with Crippen LogP contribution in [0.15, 0.2) is 0 Å². The normalized spacial score (nSPS) is 25.5. The van der Waals surface area contributed by atoms with Crippen molar-refractivity contribution in [2.75, 3.05) is 45.9 Å². The van der Waals surface area contributed by atoms with Crippen LogP contribution in [0, 0.1) is 0 Å². The van der Waals surface area contributed by atoms with Gasteiger partial charge >= 0.3 is 0 Å². The Bertz CT molecular complexity index is 192. The maximum atomic E-state index is 5.72. The smallest absolute Gasteiger partial charge is 0.0678 e. The molecule has 2 unspecified atom stereocenters. The van der Waals surface area contributed by atoms with Gasteiger partial charge in [-0.15, -0.1) is 0 Å². The molecular formula is C14H30N2O2. The summed E-state index contributed by atoms with van der Waals surface area (Å²) >= 11 is 0. The van der Waals surface area contributed by atoms with Crippen LogP contribution in [0.2, 0.25) is 0 Å². The molecule has 1 heterocycles. The molecule has 0 bridgehead atoms. The molecular weight excluding hydrogens is 228 g/mol. The highest BCUT2D eigenvalue weighted by Gasteiger charge is 2.21. The van der Waals surface area contributed by atoms with Gasteiger partial charge in [-0.25, -0.2) is 0 Å². The molecule has 1 aliphatic heterocycles. The molecule has 1 fully saturated rings. The summed E-state index contributed by atoms with van der Waals surface area (Å²) in [5.74, 6) is 0. The van der Waals surface area contributed by atoms with Gasteiger partial charge in [0.2, 0.25) is 0 Å². The molecule has 18 heavy (non-hydrogen) atoms. The first kappa shape index (κ1) is 15.9. The third-order valence-corrected chi connectivity index (χ3v) is 3.17. The molecule has 1 aliphatic rings. The Balaban J connectivity index is 1.91. The molecule has 1 rings (SSSR count). The van der Waals surface area contributed by atoms with E-state index in [1.807, 2.05) is 0 Å². The van der Waals surface area contributed by atoms with Crippen LogP contribution in [0.5, 0.6) is 0 Å². The number of rotatable bonds is 9. The average molecular weight is 258 g/mol. The lowest BCUT2D eigenvalue weighted by Gasteiger charge is -2.35. The molecule has 0 amide bonds. The molecule has 4 nitrogen and oxygen atoms in total. The van der Waals surface area contributed by atoms with Gasteiger partial charge < -0.3 is 14.8 Å². The van der Waals surface area contributed by atoms with Crippen LogP contribution in [0.1, 0.15) is 33.6 Å². The van der Waals surface area contributed by atoms with Gasteiger partial charge in [0.05, 0.1) is 18.8 Å². The minimum atomic E-state index is 0.367. The summed E-state index contributed by atoms with van der Waals surface area (Å²) in [5.41, 5.74) is 0. The maximum absolute atomic E-state index is 5.72. The highest BCUT2D eigenvalue weighted by molar-refractivity contribution is 4.73. The Morgan fingerprint density at radius 1 is 1.17 bits per heavy atom. The van der Waals surface area contributed by atoms with Crippen molar-refractivity contribution in [3.05, 3.63) is 0 Å². The van der Waals surface area contributed by atoms with Gasteiger partial charge in [-0.05, 0) is 20.3 Å². The number of ether oxygens (including phenoxy) is 2. The van der Waals surface area contributed by atoms with Gasteiger partial charge in [0, 0.05) is 39.3 Å². The second-order valence-electron chi connectivity index (χ2n) is 5.23. The van der Waals surface area contributed by atoms with E-state index in [2.05, 4.69) is 31.0 Å². The summed E-state index contributed by atoms with van der Waals surface area (Å²) in [4.78, 5) is 2.48. The Morgan fingerprint density at radius 2 is 1.89 bits per heavy atom. The van der Waals surface area contributed by atoms with E-state index in [1.54, 1.807) is 0 Å². The van der Waals surface area contributed by atoms with Crippen LogP contribution in [0.4, 0.5) is 0 Å². The van der Waals surface area contributed by atoms with Crippen molar-refractivity contribution in [2.24, 2.45) is 0 Å². The summed E-state index contributed by atoms with van der Waals surface area (Å²) in [6.45, 7) is 13.4. The van der Waals surface area contributed by atoms with Crippen LogP contribution in [-0.4, -0.2) is 63.0 Å². The summed E-state index contributed by atoms with van der Waals surface area (Å²) in [7, 11) is 0. The molecule has 0 aromatic carbocycles. The van der Waals surface area contributed by atoms with Crippen molar-refractivity contribution in [1.82, 2.24) is 10.2 Å². The van der Waals surface area contributed by atoms with Crippen LogP contribution >= 0.6 is 0 Å². The zero-order valence-electron chi connectivity index (χ0n) is 12.3. The van der Waals surface area contributed by atoms with Crippen molar-refractivity contribution >= 4 is 0 Å². The van der Waals surface area contributed by atoms with Crippen molar-refractivity contribution in [3.63, 3.8) is 0 Å². The first-order valence-electron chi connectivity index (χ1n) is 7.38. The van der Waals surface area contributed by atoms with Crippen LogP contribution in [0.25, 0.3) is 0 Å². The molecule has 0 aliphatic carbocycles. The Morgan fingerprint density at radius 3 is 2.56 bits per heavy atom. The van der Waals surface area contributed by atoms with Gasteiger partial charge in [-0.3, -0.25) is 4.90 Å². The summed E-state index contributed by atoms with van der Waals surface area (Å²) < 4.78 is 11.2. The zero-order chi connectivity index (χ0) is 13.2. The number of nitrogens with zero attached hydrogens (tertiary/aromatic N) is 1. The fourth-order valence-corrected chi connectivity index (χ4v) is 2.32. The minimum Gasteiger partial charge on any atom is -0.380 e. The molecule has 0 aromatic heterocycles. The molecule has 0 aromatic rings.